The van der Waals surface area contributed by atoms with Gasteiger partial charge in [-0.25, -0.2) is 4.57 Å². The summed E-state index contributed by atoms with van der Waals surface area (Å²) in [5.41, 5.74) is 0. The Balaban J connectivity index is 4.25. The zero-order valence-electron chi connectivity index (χ0n) is 42.0. The number of hydrogen-bond acceptors (Lipinski definition) is 6. The van der Waals surface area contributed by atoms with Crippen LogP contribution in [0.3, 0.4) is 0 Å². The van der Waals surface area contributed by atoms with E-state index < -0.39 is 13.9 Å². The van der Waals surface area contributed by atoms with Crippen molar-refractivity contribution in [3.63, 3.8) is 0 Å². The Labute approximate surface area is 395 Å². The molecule has 0 radical (unpaired) electrons. The minimum absolute atomic E-state index is 0.0768. The van der Waals surface area contributed by atoms with Gasteiger partial charge < -0.3 is 18.9 Å². The van der Waals surface area contributed by atoms with Crippen molar-refractivity contribution < 1.29 is 37.3 Å². The highest BCUT2D eigenvalue weighted by atomic mass is 31.2. The van der Waals surface area contributed by atoms with Gasteiger partial charge in [-0.15, -0.1) is 0 Å². The minimum Gasteiger partial charge on any atom is -0.457 e. The molecular weight excluding hydrogens is 818 g/mol. The molecule has 0 amide bonds. The predicted octanol–water partition coefficient (Wildman–Crippen LogP) is 16.0. The van der Waals surface area contributed by atoms with Gasteiger partial charge in [-0.3, -0.25) is 13.8 Å². The molecule has 2 atom stereocenters. The molecule has 0 aromatic carbocycles. The molecule has 0 aliphatic rings. The molecule has 370 valence electrons. The largest absolute Gasteiger partial charge is 0.472 e. The molecule has 9 heteroatoms. The lowest BCUT2D eigenvalue weighted by molar-refractivity contribution is -0.870. The fourth-order valence-corrected chi connectivity index (χ4v) is 7.51. The number of carbonyl (C=O) groups is 1. The van der Waals surface area contributed by atoms with Crippen LogP contribution in [0, 0.1) is 0 Å². The zero-order valence-corrected chi connectivity index (χ0v) is 42.9. The summed E-state index contributed by atoms with van der Waals surface area (Å²) >= 11 is 0. The van der Waals surface area contributed by atoms with E-state index >= 15 is 0 Å². The molecule has 0 aromatic rings. The number of ether oxygens (including phenoxy) is 2. The average molecular weight is 917 g/mol. The number of hydrogen-bond donors (Lipinski definition) is 1. The van der Waals surface area contributed by atoms with Crippen LogP contribution in [0.2, 0.25) is 0 Å². The van der Waals surface area contributed by atoms with Gasteiger partial charge in [0.15, 0.2) is 0 Å². The molecule has 0 aromatic heterocycles. The van der Waals surface area contributed by atoms with Crippen molar-refractivity contribution in [2.45, 2.75) is 206 Å². The van der Waals surface area contributed by atoms with Gasteiger partial charge in [0, 0.05) is 13.0 Å². The summed E-state index contributed by atoms with van der Waals surface area (Å²) in [6, 6.07) is 0. The number of allylic oxidation sites excluding steroid dienone is 14. The van der Waals surface area contributed by atoms with E-state index in [1.165, 1.54) is 96.3 Å². The molecule has 1 N–H and O–H groups in total. The Hall–Kier alpha value is -2.32. The van der Waals surface area contributed by atoms with Gasteiger partial charge in [-0.1, -0.05) is 208 Å². The Morgan fingerprint density at radius 2 is 0.906 bits per heavy atom. The van der Waals surface area contributed by atoms with Gasteiger partial charge in [0.25, 0.3) is 0 Å². The normalized spacial score (nSPS) is 14.3. The molecule has 0 spiro atoms. The van der Waals surface area contributed by atoms with Gasteiger partial charge in [0.1, 0.15) is 19.3 Å². The predicted molar refractivity (Wildman–Crippen MR) is 275 cm³/mol. The van der Waals surface area contributed by atoms with E-state index in [0.717, 1.165) is 83.5 Å². The van der Waals surface area contributed by atoms with Crippen LogP contribution in [0.25, 0.3) is 0 Å². The summed E-state index contributed by atoms with van der Waals surface area (Å²) < 4.78 is 35.1. The molecule has 0 fully saturated rings. The van der Waals surface area contributed by atoms with Crippen LogP contribution in [0.15, 0.2) is 85.1 Å². The Morgan fingerprint density at radius 1 is 0.500 bits per heavy atom. The maximum absolute atomic E-state index is 12.8. The van der Waals surface area contributed by atoms with Crippen molar-refractivity contribution in [2.24, 2.45) is 0 Å². The first-order valence-electron chi connectivity index (χ1n) is 25.8. The first-order chi connectivity index (χ1) is 31.1. The van der Waals surface area contributed by atoms with Crippen LogP contribution in [-0.2, 0) is 27.9 Å². The summed E-state index contributed by atoms with van der Waals surface area (Å²) in [4.78, 5) is 23.0. The third-order valence-electron chi connectivity index (χ3n) is 10.7. The number of nitrogens with zero attached hydrogens (tertiary/aromatic N) is 1. The topological polar surface area (TPSA) is 91.3 Å². The SMILES string of the molecule is CC/C=C\C/C=C\C/C=C\C/C=C\C/C=C\C/C=C\C/C=C\CCCCOCC(COP(=O)(O)OCC[N+](C)(C)C)OC(=O)CCCCCCCCCCCCCCCCCCCC. The maximum atomic E-state index is 12.8. The van der Waals surface area contributed by atoms with Gasteiger partial charge in [-0.2, -0.15) is 0 Å². The number of phosphoric acid groups is 1. The number of phosphoric ester groups is 1. The highest BCUT2D eigenvalue weighted by Crippen LogP contribution is 2.43. The monoisotopic (exact) mass is 917 g/mol. The van der Waals surface area contributed by atoms with E-state index in [-0.39, 0.29) is 25.8 Å². The quantitative estimate of drug-likeness (QED) is 0.0214. The lowest BCUT2D eigenvalue weighted by Gasteiger charge is -2.24. The standard InChI is InChI=1S/C55H98NO7P/c1-6-8-10-12-14-16-18-20-22-24-26-27-28-29-30-31-33-35-37-39-41-43-45-47-50-60-52-54(53-62-64(58,59)61-51-49-56(3,4)5)63-55(57)48-46-44-42-40-38-36-34-32-25-23-21-19-17-15-13-11-9-7-2/h8,10,14,16,20,22,26-27,29-30,33,35,39,41,54H,6-7,9,11-13,15,17-19,21,23-25,28,31-32,34,36-38,40,42-53H2,1-5H3/p+1/b10-8-,16-14-,22-20-,27-26-,30-29-,35-33-,41-39-. The second-order valence-corrected chi connectivity index (χ2v) is 19.6. The third-order valence-corrected chi connectivity index (χ3v) is 11.7. The van der Waals surface area contributed by atoms with Crippen molar-refractivity contribution in [3.05, 3.63) is 85.1 Å². The smallest absolute Gasteiger partial charge is 0.457 e. The van der Waals surface area contributed by atoms with Gasteiger partial charge in [0.2, 0.25) is 0 Å². The van der Waals surface area contributed by atoms with E-state index in [0.29, 0.717) is 24.1 Å². The first kappa shape index (κ1) is 61.7. The number of rotatable bonds is 47. The zero-order chi connectivity index (χ0) is 46.9. The van der Waals surface area contributed by atoms with Crippen LogP contribution in [0.1, 0.15) is 200 Å². The maximum Gasteiger partial charge on any atom is 0.472 e. The summed E-state index contributed by atoms with van der Waals surface area (Å²) in [5.74, 6) is -0.329. The summed E-state index contributed by atoms with van der Waals surface area (Å²) in [5, 5.41) is 0. The molecule has 8 nitrogen and oxygen atoms in total. The molecule has 0 heterocycles. The number of likely N-dealkylation sites (N-methyl/N-ethyl adjacent to an activating group) is 1. The van der Waals surface area contributed by atoms with Gasteiger partial charge >= 0.3 is 13.8 Å². The minimum atomic E-state index is -4.30. The molecular formula is C55H99NO7P+. The fourth-order valence-electron chi connectivity index (χ4n) is 6.77. The van der Waals surface area contributed by atoms with Crippen molar-refractivity contribution >= 4 is 13.8 Å². The fraction of sp³-hybridized carbons (Fsp3) is 0.727. The summed E-state index contributed by atoms with van der Waals surface area (Å²) in [7, 11) is 1.63. The van der Waals surface area contributed by atoms with Gasteiger partial charge in [0.05, 0.1) is 34.4 Å². The number of esters is 1. The summed E-state index contributed by atoms with van der Waals surface area (Å²) in [6.45, 7) is 5.40. The molecule has 0 aliphatic heterocycles. The second kappa shape index (κ2) is 47.2. The molecule has 0 aliphatic carbocycles. The lowest BCUT2D eigenvalue weighted by atomic mass is 10.0. The van der Waals surface area contributed by atoms with Gasteiger partial charge in [-0.05, 0) is 70.6 Å². The second-order valence-electron chi connectivity index (χ2n) is 18.2. The van der Waals surface area contributed by atoms with E-state index in [9.17, 15) is 14.3 Å². The Morgan fingerprint density at radius 3 is 1.33 bits per heavy atom. The highest BCUT2D eigenvalue weighted by molar-refractivity contribution is 7.47. The Bertz CT molecular complexity index is 1300. The van der Waals surface area contributed by atoms with E-state index in [1.807, 2.05) is 21.1 Å². The van der Waals surface area contributed by atoms with Crippen LogP contribution < -0.4 is 0 Å². The molecule has 0 rings (SSSR count). The van der Waals surface area contributed by atoms with E-state index in [2.05, 4.69) is 98.9 Å². The third kappa shape index (κ3) is 50.7. The van der Waals surface area contributed by atoms with Crippen LogP contribution in [-0.4, -0.2) is 75.6 Å². The van der Waals surface area contributed by atoms with Crippen LogP contribution in [0.4, 0.5) is 0 Å². The first-order valence-corrected chi connectivity index (χ1v) is 27.3. The molecule has 0 bridgehead atoms. The van der Waals surface area contributed by atoms with Crippen molar-refractivity contribution in [2.75, 3.05) is 54.1 Å². The Kier molecular flexibility index (Phi) is 45.5. The number of carbonyl (C=O) groups excluding carboxylic acids is 1. The van der Waals surface area contributed by atoms with Crippen LogP contribution >= 0.6 is 7.82 Å². The van der Waals surface area contributed by atoms with Crippen molar-refractivity contribution in [1.82, 2.24) is 0 Å². The molecule has 0 saturated heterocycles. The van der Waals surface area contributed by atoms with E-state index in [4.69, 9.17) is 18.5 Å². The average Bonchev–Trinajstić information content (AvgIpc) is 3.25. The number of unbranched alkanes of at least 4 members (excludes halogenated alkanes) is 19. The highest BCUT2D eigenvalue weighted by Gasteiger charge is 2.26. The van der Waals surface area contributed by atoms with E-state index in [1.54, 1.807) is 0 Å². The molecule has 0 saturated carbocycles. The summed E-state index contributed by atoms with van der Waals surface area (Å²) in [6.07, 6.45) is 63.5. The van der Waals surface area contributed by atoms with Crippen molar-refractivity contribution in [1.29, 1.82) is 0 Å². The molecule has 64 heavy (non-hydrogen) atoms. The molecule has 2 unspecified atom stereocenters. The van der Waals surface area contributed by atoms with Crippen molar-refractivity contribution in [3.8, 4) is 0 Å². The lowest BCUT2D eigenvalue weighted by Crippen LogP contribution is -2.37. The number of quaternary nitrogens is 1. The van der Waals surface area contributed by atoms with Crippen LogP contribution in [0.5, 0.6) is 0 Å².